The van der Waals surface area contributed by atoms with E-state index in [4.69, 9.17) is 4.74 Å². The van der Waals surface area contributed by atoms with Gasteiger partial charge in [0.15, 0.2) is 0 Å². The Morgan fingerprint density at radius 1 is 1.14 bits per heavy atom. The standard InChI is InChI=1S/C23H25N3O2/c1-2-28-19-10-5-16(6-11-19)21-4-3-13-25(21)23(27)17-7-12-22-20(14-17)24-15-26(22)18-8-9-18/h5-7,10-12,14-15,18,21H,2-4,8-9,13H2,1H3. The lowest BCUT2D eigenvalue weighted by Gasteiger charge is -2.25. The van der Waals surface area contributed by atoms with Crippen molar-refractivity contribution in [2.75, 3.05) is 13.2 Å². The molecule has 0 radical (unpaired) electrons. The summed E-state index contributed by atoms with van der Waals surface area (Å²) in [5.41, 5.74) is 3.94. The third kappa shape index (κ3) is 3.05. The maximum atomic E-state index is 13.3. The molecule has 1 saturated carbocycles. The molecule has 1 aromatic heterocycles. The molecule has 2 aliphatic rings. The number of carbonyl (C=O) groups excluding carboxylic acids is 1. The number of nitrogens with zero attached hydrogens (tertiary/aromatic N) is 3. The van der Waals surface area contributed by atoms with Crippen molar-refractivity contribution in [3.05, 3.63) is 59.9 Å². The first kappa shape index (κ1) is 17.3. The van der Waals surface area contributed by atoms with Crippen LogP contribution in [0.25, 0.3) is 11.0 Å². The van der Waals surface area contributed by atoms with E-state index in [0.29, 0.717) is 12.6 Å². The fraction of sp³-hybridized carbons (Fsp3) is 0.391. The van der Waals surface area contributed by atoms with Crippen molar-refractivity contribution in [1.29, 1.82) is 0 Å². The molecule has 1 aliphatic carbocycles. The van der Waals surface area contributed by atoms with Crippen molar-refractivity contribution in [1.82, 2.24) is 14.5 Å². The summed E-state index contributed by atoms with van der Waals surface area (Å²) in [6.45, 7) is 3.44. The largest absolute Gasteiger partial charge is 0.494 e. The first-order valence-electron chi connectivity index (χ1n) is 10.2. The van der Waals surface area contributed by atoms with Crippen LogP contribution in [-0.2, 0) is 0 Å². The topological polar surface area (TPSA) is 47.4 Å². The van der Waals surface area contributed by atoms with E-state index in [2.05, 4.69) is 27.8 Å². The molecule has 0 N–H and O–H groups in total. The zero-order valence-electron chi connectivity index (χ0n) is 16.2. The van der Waals surface area contributed by atoms with Gasteiger partial charge in [-0.05, 0) is 68.5 Å². The normalized spacial score (nSPS) is 19.3. The van der Waals surface area contributed by atoms with E-state index in [0.717, 1.165) is 41.7 Å². The summed E-state index contributed by atoms with van der Waals surface area (Å²) < 4.78 is 7.78. The van der Waals surface area contributed by atoms with Crippen LogP contribution in [0.3, 0.4) is 0 Å². The van der Waals surface area contributed by atoms with Crippen LogP contribution in [0.5, 0.6) is 5.75 Å². The van der Waals surface area contributed by atoms with Crippen LogP contribution >= 0.6 is 0 Å². The summed E-state index contributed by atoms with van der Waals surface area (Å²) in [4.78, 5) is 19.8. The number of likely N-dealkylation sites (tertiary alicyclic amines) is 1. The van der Waals surface area contributed by atoms with Gasteiger partial charge < -0.3 is 14.2 Å². The molecular formula is C23H25N3O2. The summed E-state index contributed by atoms with van der Waals surface area (Å²) in [6, 6.07) is 14.8. The van der Waals surface area contributed by atoms with Gasteiger partial charge in [-0.2, -0.15) is 0 Å². The smallest absolute Gasteiger partial charge is 0.254 e. The molecule has 2 aromatic carbocycles. The van der Waals surface area contributed by atoms with Gasteiger partial charge in [-0.3, -0.25) is 4.79 Å². The lowest BCUT2D eigenvalue weighted by Crippen LogP contribution is -2.30. The number of hydrogen-bond acceptors (Lipinski definition) is 3. The molecule has 5 rings (SSSR count). The van der Waals surface area contributed by atoms with Crippen molar-refractivity contribution in [2.24, 2.45) is 0 Å². The number of benzene rings is 2. The van der Waals surface area contributed by atoms with Gasteiger partial charge in [0.2, 0.25) is 0 Å². The quantitative estimate of drug-likeness (QED) is 0.647. The van der Waals surface area contributed by atoms with Gasteiger partial charge >= 0.3 is 0 Å². The Kier molecular flexibility index (Phi) is 4.30. The summed E-state index contributed by atoms with van der Waals surface area (Å²) in [5.74, 6) is 0.970. The third-order valence-corrected chi connectivity index (χ3v) is 5.85. The minimum Gasteiger partial charge on any atom is -0.494 e. The van der Waals surface area contributed by atoms with Gasteiger partial charge in [-0.15, -0.1) is 0 Å². The van der Waals surface area contributed by atoms with Crippen molar-refractivity contribution in [3.8, 4) is 5.75 Å². The van der Waals surface area contributed by atoms with Crippen LogP contribution < -0.4 is 4.74 Å². The minimum absolute atomic E-state index is 0.0965. The molecule has 144 valence electrons. The van der Waals surface area contributed by atoms with E-state index in [-0.39, 0.29) is 11.9 Å². The maximum Gasteiger partial charge on any atom is 0.254 e. The molecule has 1 amide bonds. The Labute approximate surface area is 164 Å². The number of ether oxygens (including phenoxy) is 1. The highest BCUT2D eigenvalue weighted by atomic mass is 16.5. The zero-order chi connectivity index (χ0) is 19.1. The number of hydrogen-bond donors (Lipinski definition) is 0. The molecular weight excluding hydrogens is 350 g/mol. The van der Waals surface area contributed by atoms with Gasteiger partial charge in [0.1, 0.15) is 5.75 Å². The van der Waals surface area contributed by atoms with Crippen LogP contribution in [-0.4, -0.2) is 33.5 Å². The van der Waals surface area contributed by atoms with E-state index in [9.17, 15) is 4.79 Å². The number of imidazole rings is 1. The molecule has 0 spiro atoms. The Balaban J connectivity index is 1.39. The SMILES string of the molecule is CCOc1ccc(C2CCCN2C(=O)c2ccc3c(c2)ncn3C2CC2)cc1. The fourth-order valence-corrected chi connectivity index (χ4v) is 4.28. The number of amides is 1. The van der Waals surface area contributed by atoms with Crippen LogP contribution in [0.1, 0.15) is 60.6 Å². The lowest BCUT2D eigenvalue weighted by atomic mass is 10.0. The van der Waals surface area contributed by atoms with Crippen molar-refractivity contribution in [3.63, 3.8) is 0 Å². The second-order valence-electron chi connectivity index (χ2n) is 7.75. The predicted molar refractivity (Wildman–Crippen MR) is 109 cm³/mol. The molecule has 2 fully saturated rings. The zero-order valence-corrected chi connectivity index (χ0v) is 16.2. The second-order valence-corrected chi connectivity index (χ2v) is 7.75. The molecule has 1 atom stereocenters. The van der Waals surface area contributed by atoms with Crippen LogP contribution in [0.2, 0.25) is 0 Å². The van der Waals surface area contributed by atoms with E-state index >= 15 is 0 Å². The monoisotopic (exact) mass is 375 g/mol. The van der Waals surface area contributed by atoms with Crippen molar-refractivity contribution < 1.29 is 9.53 Å². The number of carbonyl (C=O) groups is 1. The average Bonchev–Trinajstić information content (AvgIpc) is 3.29. The highest BCUT2D eigenvalue weighted by molar-refractivity contribution is 5.97. The first-order chi connectivity index (χ1) is 13.7. The van der Waals surface area contributed by atoms with Gasteiger partial charge in [0.05, 0.1) is 30.0 Å². The molecule has 2 heterocycles. The number of rotatable bonds is 5. The Morgan fingerprint density at radius 2 is 1.96 bits per heavy atom. The van der Waals surface area contributed by atoms with E-state index in [1.165, 1.54) is 18.4 Å². The summed E-state index contributed by atoms with van der Waals surface area (Å²) in [6.07, 6.45) is 6.39. The number of aromatic nitrogens is 2. The van der Waals surface area contributed by atoms with Gasteiger partial charge in [-0.25, -0.2) is 4.98 Å². The molecule has 5 heteroatoms. The fourth-order valence-electron chi connectivity index (χ4n) is 4.28. The molecule has 3 aromatic rings. The lowest BCUT2D eigenvalue weighted by molar-refractivity contribution is 0.0736. The van der Waals surface area contributed by atoms with Gasteiger partial charge in [0.25, 0.3) is 5.91 Å². The molecule has 28 heavy (non-hydrogen) atoms. The Bertz CT molecular complexity index is 1000. The average molecular weight is 375 g/mol. The third-order valence-electron chi connectivity index (χ3n) is 5.85. The van der Waals surface area contributed by atoms with Crippen LogP contribution in [0.4, 0.5) is 0 Å². The Morgan fingerprint density at radius 3 is 2.71 bits per heavy atom. The maximum absolute atomic E-state index is 13.3. The number of fused-ring (bicyclic) bond motifs is 1. The second kappa shape index (κ2) is 6.97. The highest BCUT2D eigenvalue weighted by Crippen LogP contribution is 2.38. The van der Waals surface area contributed by atoms with E-state index in [1.54, 1.807) is 0 Å². The van der Waals surface area contributed by atoms with Gasteiger partial charge in [-0.1, -0.05) is 12.1 Å². The first-order valence-corrected chi connectivity index (χ1v) is 10.2. The molecule has 1 saturated heterocycles. The van der Waals surface area contributed by atoms with Crippen molar-refractivity contribution in [2.45, 2.75) is 44.7 Å². The van der Waals surface area contributed by atoms with Crippen LogP contribution in [0.15, 0.2) is 48.8 Å². The van der Waals surface area contributed by atoms with E-state index in [1.807, 2.05) is 42.4 Å². The summed E-state index contributed by atoms with van der Waals surface area (Å²) in [7, 11) is 0. The van der Waals surface area contributed by atoms with Crippen LogP contribution in [0, 0.1) is 0 Å². The summed E-state index contributed by atoms with van der Waals surface area (Å²) in [5, 5.41) is 0. The van der Waals surface area contributed by atoms with Gasteiger partial charge in [0, 0.05) is 18.2 Å². The van der Waals surface area contributed by atoms with Crippen molar-refractivity contribution >= 4 is 16.9 Å². The molecule has 5 nitrogen and oxygen atoms in total. The Hall–Kier alpha value is -2.82. The molecule has 0 bridgehead atoms. The molecule has 1 unspecified atom stereocenters. The summed E-state index contributed by atoms with van der Waals surface area (Å²) >= 11 is 0. The minimum atomic E-state index is 0.0965. The predicted octanol–water partition coefficient (Wildman–Crippen LogP) is 4.75. The van der Waals surface area contributed by atoms with E-state index < -0.39 is 0 Å². The molecule has 1 aliphatic heterocycles. The highest BCUT2D eigenvalue weighted by Gasteiger charge is 2.31.